The molecule has 104 valence electrons. The predicted molar refractivity (Wildman–Crippen MR) is 79.1 cm³/mol. The van der Waals surface area contributed by atoms with E-state index in [4.69, 9.17) is 5.73 Å². The molecule has 2 rings (SSSR count). The monoisotopic (exact) mass is 261 g/mol. The van der Waals surface area contributed by atoms with Crippen LogP contribution in [-0.4, -0.2) is 12.6 Å². The van der Waals surface area contributed by atoms with Gasteiger partial charge in [-0.1, -0.05) is 32.1 Å². The molecular weight excluding hydrogens is 238 g/mol. The van der Waals surface area contributed by atoms with E-state index in [2.05, 4.69) is 10.6 Å². The molecule has 1 aromatic rings. The molecule has 1 aliphatic carbocycles. The van der Waals surface area contributed by atoms with Crippen LogP contribution in [0.15, 0.2) is 24.3 Å². The molecule has 19 heavy (non-hydrogen) atoms. The van der Waals surface area contributed by atoms with Crippen molar-refractivity contribution in [3.63, 3.8) is 0 Å². The first-order valence-electron chi connectivity index (χ1n) is 7.14. The van der Waals surface area contributed by atoms with Gasteiger partial charge in [-0.05, 0) is 36.6 Å². The van der Waals surface area contributed by atoms with Gasteiger partial charge in [-0.25, -0.2) is 4.79 Å². The highest BCUT2D eigenvalue weighted by molar-refractivity contribution is 5.89. The predicted octanol–water partition coefficient (Wildman–Crippen LogP) is 3.36. The maximum atomic E-state index is 11.7. The molecule has 0 aromatic heterocycles. The van der Waals surface area contributed by atoms with Gasteiger partial charge in [0.15, 0.2) is 0 Å². The minimum absolute atomic E-state index is 0.138. The molecule has 0 radical (unpaired) electrons. The highest BCUT2D eigenvalue weighted by Gasteiger charge is 2.13. The Morgan fingerprint density at radius 1 is 1.16 bits per heavy atom. The Labute approximate surface area is 114 Å². The fourth-order valence-corrected chi connectivity index (χ4v) is 2.61. The number of carbonyl (C=O) groups is 1. The maximum absolute atomic E-state index is 11.7. The molecule has 0 spiro atoms. The van der Waals surface area contributed by atoms with E-state index in [0.29, 0.717) is 5.69 Å². The van der Waals surface area contributed by atoms with Crippen LogP contribution < -0.4 is 16.4 Å². The molecule has 0 bridgehead atoms. The van der Waals surface area contributed by atoms with Crippen LogP contribution in [0.5, 0.6) is 0 Å². The van der Waals surface area contributed by atoms with E-state index >= 15 is 0 Å². The molecule has 4 N–H and O–H groups in total. The van der Waals surface area contributed by atoms with Crippen LogP contribution in [0.4, 0.5) is 16.2 Å². The van der Waals surface area contributed by atoms with E-state index in [1.54, 1.807) is 24.3 Å². The van der Waals surface area contributed by atoms with Gasteiger partial charge in [0.05, 0.1) is 0 Å². The average molecular weight is 261 g/mol. The fourth-order valence-electron chi connectivity index (χ4n) is 2.61. The van der Waals surface area contributed by atoms with Crippen molar-refractivity contribution in [1.29, 1.82) is 0 Å². The summed E-state index contributed by atoms with van der Waals surface area (Å²) in [5.41, 5.74) is 7.06. The summed E-state index contributed by atoms with van der Waals surface area (Å²) in [6, 6.07) is 7.02. The van der Waals surface area contributed by atoms with Crippen LogP contribution in [0.2, 0.25) is 0 Å². The summed E-state index contributed by atoms with van der Waals surface area (Å²) in [5, 5.41) is 5.71. The molecule has 1 aromatic carbocycles. The molecule has 4 heteroatoms. The highest BCUT2D eigenvalue weighted by atomic mass is 16.2. The first-order valence-corrected chi connectivity index (χ1v) is 7.14. The number of amides is 2. The van der Waals surface area contributed by atoms with Gasteiger partial charge in [0.2, 0.25) is 0 Å². The quantitative estimate of drug-likeness (QED) is 0.727. The largest absolute Gasteiger partial charge is 0.399 e. The third-order valence-corrected chi connectivity index (χ3v) is 3.73. The number of anilines is 2. The van der Waals surface area contributed by atoms with Gasteiger partial charge >= 0.3 is 6.03 Å². The van der Waals surface area contributed by atoms with Gasteiger partial charge in [0.25, 0.3) is 0 Å². The second-order valence-corrected chi connectivity index (χ2v) is 5.30. The molecule has 2 amide bonds. The van der Waals surface area contributed by atoms with Crippen molar-refractivity contribution in [2.75, 3.05) is 17.6 Å². The standard InChI is InChI=1S/C15H23N3O/c16-13-6-8-14(9-7-13)18-15(19)17-11-10-12-4-2-1-3-5-12/h6-9,12H,1-5,10-11,16H2,(H2,17,18,19). The summed E-state index contributed by atoms with van der Waals surface area (Å²) in [4.78, 5) is 11.7. The maximum Gasteiger partial charge on any atom is 0.319 e. The van der Waals surface area contributed by atoms with E-state index in [1.165, 1.54) is 32.1 Å². The Morgan fingerprint density at radius 3 is 2.53 bits per heavy atom. The van der Waals surface area contributed by atoms with Crippen LogP contribution >= 0.6 is 0 Å². The minimum atomic E-state index is -0.138. The third-order valence-electron chi connectivity index (χ3n) is 3.73. The summed E-state index contributed by atoms with van der Waals surface area (Å²) in [5.74, 6) is 0.797. The smallest absolute Gasteiger partial charge is 0.319 e. The van der Waals surface area contributed by atoms with Crippen molar-refractivity contribution in [3.8, 4) is 0 Å². The van der Waals surface area contributed by atoms with E-state index in [0.717, 1.165) is 24.6 Å². The Bertz CT molecular complexity index is 396. The fraction of sp³-hybridized carbons (Fsp3) is 0.533. The van der Waals surface area contributed by atoms with Gasteiger partial charge in [0.1, 0.15) is 0 Å². The number of hydrogen-bond donors (Lipinski definition) is 3. The summed E-state index contributed by atoms with van der Waals surface area (Å²) >= 11 is 0. The molecule has 1 fully saturated rings. The number of rotatable bonds is 4. The molecule has 0 aliphatic heterocycles. The summed E-state index contributed by atoms with van der Waals surface area (Å²) in [6.45, 7) is 0.755. The van der Waals surface area contributed by atoms with Crippen molar-refractivity contribution in [2.24, 2.45) is 5.92 Å². The van der Waals surface area contributed by atoms with Crippen molar-refractivity contribution >= 4 is 17.4 Å². The lowest BCUT2D eigenvalue weighted by Crippen LogP contribution is -2.30. The van der Waals surface area contributed by atoms with Crippen LogP contribution in [0.3, 0.4) is 0 Å². The van der Waals surface area contributed by atoms with Crippen LogP contribution in [0, 0.1) is 5.92 Å². The molecule has 0 saturated heterocycles. The van der Waals surface area contributed by atoms with Crippen LogP contribution in [0.1, 0.15) is 38.5 Å². The molecule has 1 aliphatic rings. The number of nitrogens with two attached hydrogens (primary N) is 1. The van der Waals surface area contributed by atoms with Crippen LogP contribution in [0.25, 0.3) is 0 Å². The molecular formula is C15H23N3O. The number of benzene rings is 1. The minimum Gasteiger partial charge on any atom is -0.399 e. The Morgan fingerprint density at radius 2 is 1.84 bits per heavy atom. The normalized spacial score (nSPS) is 16.0. The lowest BCUT2D eigenvalue weighted by molar-refractivity contribution is 0.250. The SMILES string of the molecule is Nc1ccc(NC(=O)NCCC2CCCCC2)cc1. The van der Waals surface area contributed by atoms with Gasteiger partial charge in [0, 0.05) is 17.9 Å². The number of nitrogens with one attached hydrogen (secondary N) is 2. The van der Waals surface area contributed by atoms with E-state index in [9.17, 15) is 4.79 Å². The summed E-state index contributed by atoms with van der Waals surface area (Å²) < 4.78 is 0. The molecule has 0 heterocycles. The third kappa shape index (κ3) is 4.81. The Kier molecular flexibility index (Phi) is 5.07. The number of nitrogen functional groups attached to an aromatic ring is 1. The first kappa shape index (κ1) is 13.7. The van der Waals surface area contributed by atoms with Crippen LogP contribution in [-0.2, 0) is 0 Å². The average Bonchev–Trinajstić information content (AvgIpc) is 2.43. The van der Waals surface area contributed by atoms with Crippen molar-refractivity contribution in [2.45, 2.75) is 38.5 Å². The molecule has 0 atom stereocenters. The van der Waals surface area contributed by atoms with Gasteiger partial charge < -0.3 is 16.4 Å². The van der Waals surface area contributed by atoms with Crippen molar-refractivity contribution in [3.05, 3.63) is 24.3 Å². The van der Waals surface area contributed by atoms with Crippen molar-refractivity contribution < 1.29 is 4.79 Å². The Balaban J connectivity index is 1.65. The van der Waals surface area contributed by atoms with E-state index in [1.807, 2.05) is 0 Å². The lowest BCUT2D eigenvalue weighted by Gasteiger charge is -2.21. The summed E-state index contributed by atoms with van der Waals surface area (Å²) in [7, 11) is 0. The van der Waals surface area contributed by atoms with Crippen molar-refractivity contribution in [1.82, 2.24) is 5.32 Å². The summed E-state index contributed by atoms with van der Waals surface area (Å²) in [6.07, 6.45) is 7.81. The topological polar surface area (TPSA) is 67.1 Å². The second-order valence-electron chi connectivity index (χ2n) is 5.30. The van der Waals surface area contributed by atoms with E-state index in [-0.39, 0.29) is 6.03 Å². The number of carbonyl (C=O) groups excluding carboxylic acids is 1. The molecule has 1 saturated carbocycles. The van der Waals surface area contributed by atoms with E-state index < -0.39 is 0 Å². The zero-order valence-electron chi connectivity index (χ0n) is 11.3. The zero-order valence-corrected chi connectivity index (χ0v) is 11.3. The molecule has 4 nitrogen and oxygen atoms in total. The number of urea groups is 1. The van der Waals surface area contributed by atoms with Gasteiger partial charge in [-0.15, -0.1) is 0 Å². The first-order chi connectivity index (χ1) is 9.24. The zero-order chi connectivity index (χ0) is 13.5. The second kappa shape index (κ2) is 7.02. The van der Waals surface area contributed by atoms with Gasteiger partial charge in [-0.3, -0.25) is 0 Å². The lowest BCUT2D eigenvalue weighted by atomic mass is 9.87. The Hall–Kier alpha value is -1.71. The number of hydrogen-bond acceptors (Lipinski definition) is 2. The molecule has 0 unspecified atom stereocenters. The highest BCUT2D eigenvalue weighted by Crippen LogP contribution is 2.25. The van der Waals surface area contributed by atoms with Gasteiger partial charge in [-0.2, -0.15) is 0 Å².